The van der Waals surface area contributed by atoms with Gasteiger partial charge in [0.05, 0.1) is 16.7 Å². The Balaban J connectivity index is 1.55. The molecular weight excluding hydrogens is 418 g/mol. The largest absolute Gasteiger partial charge is 0.322 e. The highest BCUT2D eigenvalue weighted by molar-refractivity contribution is 7.98. The van der Waals surface area contributed by atoms with Crippen LogP contribution in [-0.4, -0.2) is 29.5 Å². The predicted octanol–water partition coefficient (Wildman–Crippen LogP) is 5.47. The van der Waals surface area contributed by atoms with Crippen LogP contribution >= 0.6 is 12.1 Å². The fourth-order valence-corrected chi connectivity index (χ4v) is 4.05. The van der Waals surface area contributed by atoms with Gasteiger partial charge in [0.2, 0.25) is 0 Å². The standard InChI is InChI=1S/C25H25N5OS/c1-4-30(32-26-3)20-11-8-18(9-12-20)25(31)28-19-10-7-17(2)21(16-19)22-13-14-23-24(29-22)6-5-15-27-23/h5-16,26H,4H2,1-3H3,(H,28,31). The molecule has 0 spiro atoms. The van der Waals surface area contributed by atoms with E-state index < -0.39 is 0 Å². The molecule has 0 aliphatic rings. The number of amides is 1. The van der Waals surface area contributed by atoms with Crippen LogP contribution in [0.3, 0.4) is 0 Å². The molecule has 2 N–H and O–H groups in total. The number of nitrogens with zero attached hydrogens (tertiary/aromatic N) is 3. The zero-order valence-corrected chi connectivity index (χ0v) is 19.1. The number of pyridine rings is 2. The minimum Gasteiger partial charge on any atom is -0.322 e. The zero-order valence-electron chi connectivity index (χ0n) is 18.3. The van der Waals surface area contributed by atoms with Crippen molar-refractivity contribution in [2.75, 3.05) is 23.2 Å². The lowest BCUT2D eigenvalue weighted by molar-refractivity contribution is 0.102. The first kappa shape index (κ1) is 21.8. The number of nitrogens with one attached hydrogen (secondary N) is 2. The molecule has 0 bridgehead atoms. The number of aromatic nitrogens is 2. The summed E-state index contributed by atoms with van der Waals surface area (Å²) in [6.07, 6.45) is 1.76. The second kappa shape index (κ2) is 9.80. The Morgan fingerprint density at radius 3 is 2.59 bits per heavy atom. The molecule has 0 saturated heterocycles. The first-order chi connectivity index (χ1) is 15.6. The number of carbonyl (C=O) groups excluding carboxylic acids is 1. The van der Waals surface area contributed by atoms with Crippen molar-refractivity contribution in [1.29, 1.82) is 0 Å². The molecule has 0 fully saturated rings. The SMILES string of the molecule is CCN(SNC)c1ccc(C(=O)Nc2ccc(C)c(-c3ccc4ncccc4n3)c2)cc1. The van der Waals surface area contributed by atoms with Crippen LogP contribution in [0.25, 0.3) is 22.3 Å². The van der Waals surface area contributed by atoms with Crippen LogP contribution in [0.2, 0.25) is 0 Å². The van der Waals surface area contributed by atoms with Crippen LogP contribution in [0.5, 0.6) is 0 Å². The van der Waals surface area contributed by atoms with Gasteiger partial charge in [-0.15, -0.1) is 0 Å². The molecule has 0 radical (unpaired) electrons. The fourth-order valence-electron chi connectivity index (χ4n) is 3.47. The lowest BCUT2D eigenvalue weighted by atomic mass is 10.0. The van der Waals surface area contributed by atoms with E-state index in [9.17, 15) is 4.79 Å². The molecule has 4 aromatic rings. The Bertz CT molecular complexity index is 1240. The minimum absolute atomic E-state index is 0.147. The molecule has 4 rings (SSSR count). The van der Waals surface area contributed by atoms with Crippen LogP contribution in [-0.2, 0) is 0 Å². The lowest BCUT2D eigenvalue weighted by Gasteiger charge is -2.20. The molecule has 0 unspecified atom stereocenters. The van der Waals surface area contributed by atoms with Crippen molar-refractivity contribution in [3.63, 3.8) is 0 Å². The monoisotopic (exact) mass is 443 g/mol. The minimum atomic E-state index is -0.147. The highest BCUT2D eigenvalue weighted by atomic mass is 32.2. The van der Waals surface area contributed by atoms with Gasteiger partial charge in [-0.3, -0.25) is 9.78 Å². The smallest absolute Gasteiger partial charge is 0.255 e. The average molecular weight is 444 g/mol. The number of fused-ring (bicyclic) bond motifs is 1. The summed E-state index contributed by atoms with van der Waals surface area (Å²) in [7, 11) is 1.88. The van der Waals surface area contributed by atoms with Crippen LogP contribution in [0, 0.1) is 6.92 Å². The van der Waals surface area contributed by atoms with Gasteiger partial charge in [-0.25, -0.2) is 9.71 Å². The quantitative estimate of drug-likeness (QED) is 0.369. The molecule has 162 valence electrons. The zero-order chi connectivity index (χ0) is 22.5. The normalized spacial score (nSPS) is 10.8. The van der Waals surface area contributed by atoms with Crippen LogP contribution in [0.4, 0.5) is 11.4 Å². The summed E-state index contributed by atoms with van der Waals surface area (Å²) in [5, 5.41) is 3.01. The summed E-state index contributed by atoms with van der Waals surface area (Å²) in [5.74, 6) is -0.147. The van der Waals surface area contributed by atoms with Gasteiger partial charge in [-0.05, 0) is 87.1 Å². The maximum Gasteiger partial charge on any atom is 0.255 e. The number of anilines is 2. The molecule has 32 heavy (non-hydrogen) atoms. The van der Waals surface area contributed by atoms with E-state index in [-0.39, 0.29) is 5.91 Å². The predicted molar refractivity (Wildman–Crippen MR) is 134 cm³/mol. The van der Waals surface area contributed by atoms with E-state index in [0.29, 0.717) is 5.56 Å². The first-order valence-electron chi connectivity index (χ1n) is 10.4. The second-order valence-electron chi connectivity index (χ2n) is 7.26. The summed E-state index contributed by atoms with van der Waals surface area (Å²) < 4.78 is 5.19. The summed E-state index contributed by atoms with van der Waals surface area (Å²) >= 11 is 1.52. The van der Waals surface area contributed by atoms with Crippen molar-refractivity contribution < 1.29 is 4.79 Å². The molecular formula is C25H25N5OS. The molecule has 2 aromatic heterocycles. The Morgan fingerprint density at radius 2 is 1.84 bits per heavy atom. The third kappa shape index (κ3) is 4.74. The molecule has 2 heterocycles. The third-order valence-electron chi connectivity index (χ3n) is 5.13. The van der Waals surface area contributed by atoms with Crippen molar-refractivity contribution in [3.8, 4) is 11.3 Å². The van der Waals surface area contributed by atoms with Gasteiger partial charge in [-0.2, -0.15) is 0 Å². The molecule has 7 heteroatoms. The fraction of sp³-hybridized carbons (Fsp3) is 0.160. The number of benzene rings is 2. The molecule has 2 aromatic carbocycles. The summed E-state index contributed by atoms with van der Waals surface area (Å²) in [6, 6.07) is 21.2. The molecule has 0 aliphatic heterocycles. The maximum atomic E-state index is 12.8. The van der Waals surface area contributed by atoms with Crippen molar-refractivity contribution >= 4 is 40.4 Å². The van der Waals surface area contributed by atoms with Gasteiger partial charge in [0.15, 0.2) is 0 Å². The lowest BCUT2D eigenvalue weighted by Crippen LogP contribution is -2.18. The number of rotatable bonds is 7. The summed E-state index contributed by atoms with van der Waals surface area (Å²) in [5.41, 5.74) is 7.00. The van der Waals surface area contributed by atoms with Gasteiger partial charge in [0.25, 0.3) is 5.91 Å². The Morgan fingerprint density at radius 1 is 1.03 bits per heavy atom. The van der Waals surface area contributed by atoms with Crippen molar-refractivity contribution in [3.05, 3.63) is 84.1 Å². The first-order valence-corrected chi connectivity index (χ1v) is 11.2. The summed E-state index contributed by atoms with van der Waals surface area (Å²) in [4.78, 5) is 21.9. The van der Waals surface area contributed by atoms with Crippen LogP contribution in [0.1, 0.15) is 22.8 Å². The third-order valence-corrected chi connectivity index (χ3v) is 6.01. The summed E-state index contributed by atoms with van der Waals surface area (Å²) in [6.45, 7) is 4.97. The molecule has 6 nitrogen and oxygen atoms in total. The van der Waals surface area contributed by atoms with Gasteiger partial charge in [-0.1, -0.05) is 6.07 Å². The maximum absolute atomic E-state index is 12.8. The van der Waals surface area contributed by atoms with Crippen molar-refractivity contribution in [2.45, 2.75) is 13.8 Å². The van der Waals surface area contributed by atoms with Gasteiger partial charge < -0.3 is 9.62 Å². The molecule has 0 atom stereocenters. The van der Waals surface area contributed by atoms with E-state index in [2.05, 4.69) is 26.3 Å². The Hall–Kier alpha value is -3.42. The highest BCUT2D eigenvalue weighted by Crippen LogP contribution is 2.27. The van der Waals surface area contributed by atoms with E-state index in [1.807, 2.05) is 80.7 Å². The van der Waals surface area contributed by atoms with Crippen molar-refractivity contribution in [1.82, 2.24) is 14.7 Å². The molecule has 0 aliphatic carbocycles. The van der Waals surface area contributed by atoms with E-state index >= 15 is 0 Å². The van der Waals surface area contributed by atoms with Gasteiger partial charge >= 0.3 is 0 Å². The van der Waals surface area contributed by atoms with Crippen LogP contribution < -0.4 is 14.3 Å². The topological polar surface area (TPSA) is 70.2 Å². The van der Waals surface area contributed by atoms with E-state index in [1.165, 1.54) is 12.1 Å². The number of carbonyl (C=O) groups is 1. The average Bonchev–Trinajstić information content (AvgIpc) is 2.83. The Labute approximate surface area is 192 Å². The van der Waals surface area contributed by atoms with Gasteiger partial charge in [0.1, 0.15) is 0 Å². The van der Waals surface area contributed by atoms with Gasteiger partial charge in [0, 0.05) is 47.4 Å². The number of hydrogen-bond acceptors (Lipinski definition) is 6. The second-order valence-corrected chi connectivity index (χ2v) is 8.29. The van der Waals surface area contributed by atoms with Crippen LogP contribution in [0.15, 0.2) is 72.9 Å². The molecule has 0 saturated carbocycles. The van der Waals surface area contributed by atoms with E-state index in [1.54, 1.807) is 6.20 Å². The number of hydrogen-bond donors (Lipinski definition) is 2. The molecule has 1 amide bonds. The Kier molecular flexibility index (Phi) is 6.68. The van der Waals surface area contributed by atoms with E-state index in [4.69, 9.17) is 4.98 Å². The van der Waals surface area contributed by atoms with Crippen molar-refractivity contribution in [2.24, 2.45) is 0 Å². The van der Waals surface area contributed by atoms with E-state index in [0.717, 1.165) is 45.8 Å². The number of aryl methyl sites for hydroxylation is 1. The highest BCUT2D eigenvalue weighted by Gasteiger charge is 2.11.